The van der Waals surface area contributed by atoms with Crippen LogP contribution >= 0.6 is 0 Å². The predicted molar refractivity (Wildman–Crippen MR) is 143 cm³/mol. The van der Waals surface area contributed by atoms with Gasteiger partial charge in [0.1, 0.15) is 15.7 Å². The summed E-state index contributed by atoms with van der Waals surface area (Å²) in [6.07, 6.45) is -1.88. The molecule has 1 aliphatic heterocycles. The van der Waals surface area contributed by atoms with E-state index in [1.807, 2.05) is 48.5 Å². The highest BCUT2D eigenvalue weighted by Crippen LogP contribution is 2.48. The Labute approximate surface area is 225 Å². The molecule has 5 rings (SSSR count). The van der Waals surface area contributed by atoms with Crippen LogP contribution in [0.5, 0.6) is 17.2 Å². The minimum Gasteiger partial charge on any atom is -0.453 e. The quantitative estimate of drug-likeness (QED) is 0.369. The number of para-hydroxylation sites is 4. The number of nitrogens with zero attached hydrogens (tertiary/aromatic N) is 2. The topological polar surface area (TPSA) is 83.4 Å². The van der Waals surface area contributed by atoms with Gasteiger partial charge in [-0.1, -0.05) is 43.5 Å². The first-order valence-electron chi connectivity index (χ1n) is 12.8. The van der Waals surface area contributed by atoms with Gasteiger partial charge in [0.2, 0.25) is 0 Å². The Morgan fingerprint density at radius 1 is 0.949 bits per heavy atom. The maximum Gasteiger partial charge on any atom is 0.573 e. The summed E-state index contributed by atoms with van der Waals surface area (Å²) in [7, 11) is -1.88. The minimum absolute atomic E-state index is 0.201. The summed E-state index contributed by atoms with van der Waals surface area (Å²) >= 11 is 0. The second kappa shape index (κ2) is 11.1. The van der Waals surface area contributed by atoms with Gasteiger partial charge in [-0.3, -0.25) is 0 Å². The number of halogens is 3. The van der Waals surface area contributed by atoms with Crippen LogP contribution in [0.1, 0.15) is 32.1 Å². The zero-order valence-electron chi connectivity index (χ0n) is 21.3. The third-order valence-electron chi connectivity index (χ3n) is 7.07. The number of aliphatic hydroxyl groups excluding tert-OH is 1. The van der Waals surface area contributed by atoms with E-state index in [0.29, 0.717) is 24.3 Å². The molecule has 1 unspecified atom stereocenters. The van der Waals surface area contributed by atoms with E-state index in [4.69, 9.17) is 4.74 Å². The summed E-state index contributed by atoms with van der Waals surface area (Å²) in [6, 6.07) is 19.2. The lowest BCUT2D eigenvalue weighted by Crippen LogP contribution is -2.54. The van der Waals surface area contributed by atoms with E-state index in [-0.39, 0.29) is 10.9 Å². The molecule has 4 atom stereocenters. The van der Waals surface area contributed by atoms with Crippen LogP contribution in [-0.2, 0) is 9.92 Å². The lowest BCUT2D eigenvalue weighted by molar-refractivity contribution is -0.274. The van der Waals surface area contributed by atoms with Gasteiger partial charge in [-0.15, -0.1) is 13.2 Å². The Morgan fingerprint density at radius 2 is 1.54 bits per heavy atom. The minimum atomic E-state index is -4.83. The fraction of sp³-hybridized carbons (Fsp3) is 0.357. The standard InChI is InChI=1S/C28H30F3N3O4S/c1-32-39(36,20-17-15-19(16-18-20)38-28(29,30)31)33-21-9-3-2-4-12-24(27(21)35)34-22-10-5-7-13-25(22)37-26-14-8-6-11-23(26)34/h5-8,10-11,13-18,21,24,27,35H,2-4,9,12H2,1H3,(H,32,33,36)/t21-,24-,27-,39?/m1/s1. The number of aliphatic hydroxyl groups is 1. The molecule has 1 saturated carbocycles. The van der Waals surface area contributed by atoms with Gasteiger partial charge in [-0.25, -0.2) is 13.3 Å². The smallest absolute Gasteiger partial charge is 0.453 e. The maximum atomic E-state index is 14.0. The number of fused-ring (bicyclic) bond motifs is 2. The molecule has 0 radical (unpaired) electrons. The van der Waals surface area contributed by atoms with Gasteiger partial charge in [0.05, 0.1) is 28.4 Å². The lowest BCUT2D eigenvalue weighted by atomic mass is 9.89. The lowest BCUT2D eigenvalue weighted by Gasteiger charge is -2.43. The van der Waals surface area contributed by atoms with Crippen molar-refractivity contribution >= 4 is 21.3 Å². The summed E-state index contributed by atoms with van der Waals surface area (Å²) < 4.78 is 69.0. The molecular formula is C28H30F3N3O4S. The normalized spacial score (nSPS) is 22.8. The van der Waals surface area contributed by atoms with Crippen LogP contribution in [0.3, 0.4) is 0 Å². The van der Waals surface area contributed by atoms with E-state index in [1.54, 1.807) is 0 Å². The van der Waals surface area contributed by atoms with Crippen molar-refractivity contribution in [1.29, 1.82) is 0 Å². The number of anilines is 2. The highest BCUT2D eigenvalue weighted by Gasteiger charge is 2.39. The van der Waals surface area contributed by atoms with E-state index in [1.165, 1.54) is 19.2 Å². The first-order chi connectivity index (χ1) is 18.7. The molecule has 7 nitrogen and oxygen atoms in total. The third kappa shape index (κ3) is 5.85. The van der Waals surface area contributed by atoms with Crippen LogP contribution in [0, 0.1) is 0 Å². The summed E-state index contributed by atoms with van der Waals surface area (Å²) in [5.41, 5.74) is 1.67. The van der Waals surface area contributed by atoms with Gasteiger partial charge in [-0.05, 0) is 61.4 Å². The first kappa shape index (κ1) is 27.3. The maximum absolute atomic E-state index is 14.0. The van der Waals surface area contributed by atoms with Crippen molar-refractivity contribution in [3.63, 3.8) is 0 Å². The van der Waals surface area contributed by atoms with Crippen LogP contribution in [0.2, 0.25) is 0 Å². The molecule has 2 N–H and O–H groups in total. The van der Waals surface area contributed by atoms with Gasteiger partial charge >= 0.3 is 6.36 Å². The van der Waals surface area contributed by atoms with Crippen molar-refractivity contribution in [2.24, 2.45) is 4.36 Å². The van der Waals surface area contributed by atoms with Crippen molar-refractivity contribution in [2.45, 2.75) is 61.5 Å². The Morgan fingerprint density at radius 3 is 2.13 bits per heavy atom. The number of benzene rings is 3. The predicted octanol–water partition coefficient (Wildman–Crippen LogP) is 6.55. The summed E-state index contributed by atoms with van der Waals surface area (Å²) in [5, 5.41) is 11.9. The van der Waals surface area contributed by atoms with Gasteiger partial charge in [0.25, 0.3) is 0 Å². The second-order valence-corrected chi connectivity index (χ2v) is 11.7. The molecule has 0 aromatic heterocycles. The van der Waals surface area contributed by atoms with Crippen molar-refractivity contribution in [1.82, 2.24) is 4.72 Å². The van der Waals surface area contributed by atoms with Gasteiger partial charge in [0.15, 0.2) is 11.5 Å². The zero-order valence-corrected chi connectivity index (χ0v) is 22.1. The number of hydrogen-bond donors (Lipinski definition) is 2. The van der Waals surface area contributed by atoms with Crippen LogP contribution in [-0.4, -0.2) is 40.9 Å². The molecule has 1 fully saturated rings. The molecule has 39 heavy (non-hydrogen) atoms. The molecule has 1 heterocycles. The van der Waals surface area contributed by atoms with E-state index < -0.39 is 34.2 Å². The Hall–Kier alpha value is -3.28. The molecular weight excluding hydrogens is 531 g/mol. The summed E-state index contributed by atoms with van der Waals surface area (Å²) in [4.78, 5) is 2.31. The molecule has 11 heteroatoms. The average molecular weight is 562 g/mol. The van der Waals surface area contributed by atoms with Crippen LogP contribution in [0.15, 0.2) is 82.1 Å². The molecule has 2 aliphatic rings. The number of nitrogens with one attached hydrogen (secondary N) is 1. The molecule has 3 aromatic carbocycles. The Kier molecular flexibility index (Phi) is 7.75. The molecule has 1 aliphatic carbocycles. The van der Waals surface area contributed by atoms with Crippen molar-refractivity contribution < 1.29 is 32.0 Å². The monoisotopic (exact) mass is 561 g/mol. The first-order valence-corrected chi connectivity index (χ1v) is 14.3. The number of hydrogen-bond acceptors (Lipinski definition) is 6. The Balaban J connectivity index is 1.46. The highest BCUT2D eigenvalue weighted by molar-refractivity contribution is 7.91. The van der Waals surface area contributed by atoms with Crippen molar-refractivity contribution in [2.75, 3.05) is 11.9 Å². The van der Waals surface area contributed by atoms with Crippen molar-refractivity contribution in [3.05, 3.63) is 72.8 Å². The SMILES string of the molecule is CN=S(=O)(N[C@@H]1CCCCC[C@@H](N2c3ccccc3Oc3ccccc32)[C@@H]1O)c1ccc(OC(F)(F)F)cc1. The van der Waals surface area contributed by atoms with Crippen LogP contribution < -0.4 is 19.1 Å². The summed E-state index contributed by atoms with van der Waals surface area (Å²) in [6.45, 7) is 0. The van der Waals surface area contributed by atoms with E-state index >= 15 is 0 Å². The highest BCUT2D eigenvalue weighted by atomic mass is 32.2. The average Bonchev–Trinajstić information content (AvgIpc) is 2.91. The second-order valence-electron chi connectivity index (χ2n) is 9.56. The summed E-state index contributed by atoms with van der Waals surface area (Å²) in [5.74, 6) is 0.951. The van der Waals surface area contributed by atoms with E-state index in [2.05, 4.69) is 18.7 Å². The molecule has 3 aromatic rings. The van der Waals surface area contributed by atoms with Crippen LogP contribution in [0.25, 0.3) is 0 Å². The zero-order chi connectivity index (χ0) is 27.6. The number of ether oxygens (including phenoxy) is 2. The molecule has 0 amide bonds. The van der Waals surface area contributed by atoms with Gasteiger partial charge in [0, 0.05) is 13.1 Å². The van der Waals surface area contributed by atoms with E-state index in [9.17, 15) is 22.5 Å². The van der Waals surface area contributed by atoms with Gasteiger partial charge in [-0.2, -0.15) is 0 Å². The fourth-order valence-electron chi connectivity index (χ4n) is 5.26. The molecule has 208 valence electrons. The molecule has 0 bridgehead atoms. The van der Waals surface area contributed by atoms with Crippen LogP contribution in [0.4, 0.5) is 24.5 Å². The van der Waals surface area contributed by atoms with Gasteiger partial charge < -0.3 is 19.5 Å². The molecule has 0 spiro atoms. The fourth-order valence-corrected chi connectivity index (χ4v) is 6.89. The number of alkyl halides is 3. The largest absolute Gasteiger partial charge is 0.573 e. The van der Waals surface area contributed by atoms with Crippen molar-refractivity contribution in [3.8, 4) is 17.2 Å². The third-order valence-corrected chi connectivity index (χ3v) is 9.12. The molecule has 0 saturated heterocycles. The van der Waals surface area contributed by atoms with E-state index in [0.717, 1.165) is 42.8 Å². The Bertz CT molecular complexity index is 1380. The number of rotatable bonds is 5.